The van der Waals surface area contributed by atoms with Gasteiger partial charge in [0.2, 0.25) is 0 Å². The molecule has 6 nitrogen and oxygen atoms in total. The van der Waals surface area contributed by atoms with E-state index in [4.69, 9.17) is 0 Å². The number of thiazole rings is 1. The molecule has 0 fully saturated rings. The summed E-state index contributed by atoms with van der Waals surface area (Å²) in [7, 11) is 0. The van der Waals surface area contributed by atoms with Crippen LogP contribution in [-0.4, -0.2) is 30.2 Å². The second-order valence-electron chi connectivity index (χ2n) is 7.23. The molecule has 0 aliphatic heterocycles. The lowest BCUT2D eigenvalue weighted by atomic mass is 9.99. The second-order valence-corrected chi connectivity index (χ2v) is 10.4. The van der Waals surface area contributed by atoms with Gasteiger partial charge < -0.3 is 5.11 Å². The quantitative estimate of drug-likeness (QED) is 0.341. The van der Waals surface area contributed by atoms with Crippen LogP contribution < -0.4 is 5.69 Å². The third-order valence-corrected chi connectivity index (χ3v) is 8.25. The van der Waals surface area contributed by atoms with Gasteiger partial charge in [0.1, 0.15) is 6.33 Å². The Balaban J connectivity index is 1.59. The van der Waals surface area contributed by atoms with E-state index in [1.807, 2.05) is 22.9 Å². The first-order valence-electron chi connectivity index (χ1n) is 9.69. The van der Waals surface area contributed by atoms with E-state index in [1.54, 1.807) is 22.9 Å². The van der Waals surface area contributed by atoms with Gasteiger partial charge in [0, 0.05) is 21.9 Å². The molecule has 0 aliphatic carbocycles. The fraction of sp³-hybridized carbons (Fsp3) is 0.190. The molecule has 5 aromatic rings. The smallest absolute Gasteiger partial charge is 0.376 e. The molecule has 1 N–H and O–H groups in total. The Morgan fingerprint density at radius 3 is 2.70 bits per heavy atom. The van der Waals surface area contributed by atoms with Crippen molar-refractivity contribution >= 4 is 50.9 Å². The van der Waals surface area contributed by atoms with E-state index in [0.29, 0.717) is 15.4 Å². The lowest BCUT2D eigenvalue weighted by molar-refractivity contribution is -0.266. The van der Waals surface area contributed by atoms with Gasteiger partial charge in [-0.3, -0.25) is 4.57 Å². The van der Waals surface area contributed by atoms with Crippen molar-refractivity contribution < 1.29 is 18.3 Å². The van der Waals surface area contributed by atoms with E-state index >= 15 is 0 Å². The largest absolute Gasteiger partial charge is 0.422 e. The first kappa shape index (κ1) is 22.1. The van der Waals surface area contributed by atoms with Crippen molar-refractivity contribution in [2.45, 2.75) is 34.4 Å². The topological polar surface area (TPSA) is 72.4 Å². The SMILES string of the molecule is CCC(O)(c1cnc(Sc2ccc3c(c2)c2cncn2c(=O)n3-c2ccsc2)s1)C(F)(F)F. The zero-order valence-corrected chi connectivity index (χ0v) is 19.4. The molecular formula is C21H15F3N4O2S3. The summed E-state index contributed by atoms with van der Waals surface area (Å²) in [5, 5.41) is 14.7. The Kier molecular flexibility index (Phi) is 5.35. The van der Waals surface area contributed by atoms with E-state index < -0.39 is 18.2 Å². The van der Waals surface area contributed by atoms with Crippen molar-refractivity contribution in [2.24, 2.45) is 0 Å². The molecule has 0 spiro atoms. The number of rotatable bonds is 5. The minimum atomic E-state index is -4.79. The fourth-order valence-electron chi connectivity index (χ4n) is 3.58. The molecule has 12 heteroatoms. The van der Waals surface area contributed by atoms with Crippen LogP contribution in [0, 0.1) is 0 Å². The summed E-state index contributed by atoms with van der Waals surface area (Å²) in [5.41, 5.74) is -1.12. The van der Waals surface area contributed by atoms with Crippen LogP contribution in [0.2, 0.25) is 0 Å². The Hall–Kier alpha value is -2.67. The molecule has 4 aromatic heterocycles. The van der Waals surface area contributed by atoms with E-state index in [-0.39, 0.29) is 10.6 Å². The highest BCUT2D eigenvalue weighted by atomic mass is 32.2. The molecule has 0 aliphatic rings. The van der Waals surface area contributed by atoms with Gasteiger partial charge in [0.15, 0.2) is 9.94 Å². The van der Waals surface area contributed by atoms with Crippen molar-refractivity contribution in [3.8, 4) is 5.69 Å². The van der Waals surface area contributed by atoms with Crippen molar-refractivity contribution in [3.63, 3.8) is 0 Å². The zero-order valence-electron chi connectivity index (χ0n) is 16.9. The van der Waals surface area contributed by atoms with Crippen LogP contribution >= 0.6 is 34.4 Å². The van der Waals surface area contributed by atoms with Gasteiger partial charge in [-0.15, -0.1) is 11.3 Å². The van der Waals surface area contributed by atoms with E-state index in [2.05, 4.69) is 9.97 Å². The summed E-state index contributed by atoms with van der Waals surface area (Å²) in [6.45, 7) is 1.28. The molecule has 33 heavy (non-hydrogen) atoms. The number of fused-ring (bicyclic) bond motifs is 3. The highest BCUT2D eigenvalue weighted by Crippen LogP contribution is 2.45. The minimum absolute atomic E-state index is 0.245. The third kappa shape index (κ3) is 3.57. The highest BCUT2D eigenvalue weighted by molar-refractivity contribution is 8.01. The Morgan fingerprint density at radius 1 is 1.18 bits per heavy atom. The lowest BCUT2D eigenvalue weighted by Gasteiger charge is -2.27. The normalized spacial score (nSPS) is 14.2. The number of benzene rings is 1. The van der Waals surface area contributed by atoms with E-state index in [1.165, 1.54) is 40.8 Å². The van der Waals surface area contributed by atoms with Crippen molar-refractivity contribution in [1.82, 2.24) is 18.9 Å². The van der Waals surface area contributed by atoms with Crippen molar-refractivity contribution in [3.05, 3.63) is 69.1 Å². The second kappa shape index (κ2) is 7.97. The number of thiophene rings is 1. The van der Waals surface area contributed by atoms with E-state index in [9.17, 15) is 23.1 Å². The molecule has 1 atom stereocenters. The van der Waals surface area contributed by atoms with Gasteiger partial charge in [0.05, 0.1) is 27.8 Å². The molecule has 0 bridgehead atoms. The molecule has 1 aromatic carbocycles. The molecule has 4 heterocycles. The van der Waals surface area contributed by atoms with Crippen molar-refractivity contribution in [1.29, 1.82) is 0 Å². The summed E-state index contributed by atoms with van der Waals surface area (Å²) in [6, 6.07) is 7.30. The number of aliphatic hydroxyl groups is 1. The van der Waals surface area contributed by atoms with Crippen LogP contribution in [0.4, 0.5) is 13.2 Å². The number of halogens is 3. The summed E-state index contributed by atoms with van der Waals surface area (Å²) in [6.07, 6.45) is -1.16. The summed E-state index contributed by atoms with van der Waals surface area (Å²) in [4.78, 5) is 21.7. The Bertz CT molecular complexity index is 1520. The van der Waals surface area contributed by atoms with Gasteiger partial charge in [-0.1, -0.05) is 18.7 Å². The molecule has 170 valence electrons. The summed E-state index contributed by atoms with van der Waals surface area (Å²) >= 11 is 3.48. The maximum absolute atomic E-state index is 13.4. The highest BCUT2D eigenvalue weighted by Gasteiger charge is 2.54. The summed E-state index contributed by atoms with van der Waals surface area (Å²) in [5.74, 6) is 0. The Morgan fingerprint density at radius 2 is 2.00 bits per heavy atom. The van der Waals surface area contributed by atoms with Crippen LogP contribution in [0.1, 0.15) is 18.2 Å². The number of nitrogens with zero attached hydrogens (tertiary/aromatic N) is 4. The average molecular weight is 509 g/mol. The number of alkyl halides is 3. The zero-order chi connectivity index (χ0) is 23.4. The average Bonchev–Trinajstić information content (AvgIpc) is 3.54. The lowest BCUT2D eigenvalue weighted by Crippen LogP contribution is -2.40. The molecule has 0 saturated carbocycles. The Labute approximate surface area is 197 Å². The summed E-state index contributed by atoms with van der Waals surface area (Å²) < 4.78 is 43.6. The van der Waals surface area contributed by atoms with Crippen LogP contribution in [-0.2, 0) is 5.60 Å². The van der Waals surface area contributed by atoms with Gasteiger partial charge >= 0.3 is 11.9 Å². The van der Waals surface area contributed by atoms with Crippen LogP contribution in [0.25, 0.3) is 22.1 Å². The number of aromatic nitrogens is 4. The molecule has 1 unspecified atom stereocenters. The third-order valence-electron chi connectivity index (χ3n) is 5.36. The molecule has 5 rings (SSSR count). The predicted octanol–water partition coefficient (Wildman–Crippen LogP) is 5.47. The molecule has 0 radical (unpaired) electrons. The van der Waals surface area contributed by atoms with Gasteiger partial charge in [-0.05, 0) is 36.1 Å². The van der Waals surface area contributed by atoms with E-state index in [0.717, 1.165) is 33.5 Å². The van der Waals surface area contributed by atoms with Crippen molar-refractivity contribution in [2.75, 3.05) is 0 Å². The number of hydrogen-bond donors (Lipinski definition) is 1. The van der Waals surface area contributed by atoms with Crippen LogP contribution in [0.15, 0.2) is 67.8 Å². The standard InChI is InChI=1S/C21H15F3N4O2S3/c1-2-20(30,21(22,23)24)17-9-26-18(33-17)32-13-3-4-15-14(7-13)16-8-25-11-27(16)19(29)28(15)12-5-6-31-10-12/h3-11,30H,2H2,1H3. The number of hydrogen-bond acceptors (Lipinski definition) is 7. The predicted molar refractivity (Wildman–Crippen MR) is 123 cm³/mol. The van der Waals surface area contributed by atoms with Crippen LogP contribution in [0.3, 0.4) is 0 Å². The van der Waals surface area contributed by atoms with Gasteiger partial charge in [-0.25, -0.2) is 19.2 Å². The molecular weight excluding hydrogens is 493 g/mol. The molecule has 0 amide bonds. The number of imidazole rings is 1. The maximum atomic E-state index is 13.4. The maximum Gasteiger partial charge on any atom is 0.422 e. The minimum Gasteiger partial charge on any atom is -0.376 e. The molecule has 0 saturated heterocycles. The van der Waals surface area contributed by atoms with Gasteiger partial charge in [0.25, 0.3) is 0 Å². The van der Waals surface area contributed by atoms with Gasteiger partial charge in [-0.2, -0.15) is 24.5 Å². The fourth-order valence-corrected chi connectivity index (χ4v) is 6.37. The van der Waals surface area contributed by atoms with Crippen LogP contribution in [0.5, 0.6) is 0 Å². The first-order valence-corrected chi connectivity index (χ1v) is 12.3. The monoisotopic (exact) mass is 508 g/mol. The first-order chi connectivity index (χ1) is 15.7.